The van der Waals surface area contributed by atoms with Gasteiger partial charge in [0, 0.05) is 18.0 Å². The molecule has 0 aliphatic heterocycles. The highest BCUT2D eigenvalue weighted by Gasteiger charge is 2.00. The normalized spacial score (nSPS) is 10.6. The zero-order chi connectivity index (χ0) is 17.5. The third-order valence-electron chi connectivity index (χ3n) is 3.15. The van der Waals surface area contributed by atoms with E-state index in [1.807, 2.05) is 37.3 Å². The number of nitrogens with zero attached hydrogens (tertiary/aromatic N) is 5. The van der Waals surface area contributed by atoms with Crippen LogP contribution in [0.3, 0.4) is 0 Å². The van der Waals surface area contributed by atoms with Crippen molar-refractivity contribution < 1.29 is 4.74 Å². The van der Waals surface area contributed by atoms with Crippen molar-refractivity contribution in [1.29, 1.82) is 0 Å². The second-order valence-corrected chi connectivity index (χ2v) is 5.10. The SMILES string of the molecule is C=C(N=NNc1ccc(Oc2ccc(C)nc2)nc1)c1ccccn1. The Morgan fingerprint density at radius 3 is 2.64 bits per heavy atom. The summed E-state index contributed by atoms with van der Waals surface area (Å²) in [5.74, 6) is 1.09. The summed E-state index contributed by atoms with van der Waals surface area (Å²) in [6.45, 7) is 5.74. The van der Waals surface area contributed by atoms with E-state index in [1.54, 1.807) is 30.7 Å². The lowest BCUT2D eigenvalue weighted by Gasteiger charge is -2.05. The Labute approximate surface area is 145 Å². The van der Waals surface area contributed by atoms with Gasteiger partial charge in [0.15, 0.2) is 0 Å². The number of aromatic nitrogens is 3. The molecule has 0 unspecified atom stereocenters. The molecule has 124 valence electrons. The fraction of sp³-hybridized carbons (Fsp3) is 0.0556. The number of pyridine rings is 3. The third-order valence-corrected chi connectivity index (χ3v) is 3.15. The molecular formula is C18H16N6O. The van der Waals surface area contributed by atoms with Crippen molar-refractivity contribution in [3.05, 3.63) is 79.0 Å². The van der Waals surface area contributed by atoms with E-state index < -0.39 is 0 Å². The maximum Gasteiger partial charge on any atom is 0.219 e. The zero-order valence-corrected chi connectivity index (χ0v) is 13.6. The van der Waals surface area contributed by atoms with Crippen LogP contribution in [0.15, 0.2) is 78.0 Å². The van der Waals surface area contributed by atoms with Crippen molar-refractivity contribution in [2.24, 2.45) is 10.3 Å². The van der Waals surface area contributed by atoms with Crippen LogP contribution in [0.25, 0.3) is 5.70 Å². The number of ether oxygens (including phenoxy) is 1. The molecule has 3 rings (SSSR count). The van der Waals surface area contributed by atoms with Crippen LogP contribution in [0.5, 0.6) is 11.6 Å². The molecule has 0 saturated heterocycles. The number of hydrogen-bond donors (Lipinski definition) is 1. The summed E-state index contributed by atoms with van der Waals surface area (Å²) in [5.41, 5.74) is 5.52. The first-order valence-corrected chi connectivity index (χ1v) is 7.54. The average molecular weight is 332 g/mol. The molecule has 0 spiro atoms. The lowest BCUT2D eigenvalue weighted by Crippen LogP contribution is -1.92. The first kappa shape index (κ1) is 16.3. The van der Waals surface area contributed by atoms with E-state index in [0.717, 1.165) is 5.69 Å². The smallest absolute Gasteiger partial charge is 0.219 e. The minimum absolute atomic E-state index is 0.464. The highest BCUT2D eigenvalue weighted by molar-refractivity contribution is 5.57. The first-order valence-electron chi connectivity index (χ1n) is 7.54. The van der Waals surface area contributed by atoms with Crippen molar-refractivity contribution in [3.63, 3.8) is 0 Å². The van der Waals surface area contributed by atoms with Gasteiger partial charge in [-0.1, -0.05) is 17.9 Å². The molecule has 0 bridgehead atoms. The van der Waals surface area contributed by atoms with Crippen molar-refractivity contribution in [1.82, 2.24) is 15.0 Å². The highest BCUT2D eigenvalue weighted by Crippen LogP contribution is 2.20. The lowest BCUT2D eigenvalue weighted by atomic mass is 10.3. The zero-order valence-electron chi connectivity index (χ0n) is 13.6. The monoisotopic (exact) mass is 332 g/mol. The summed E-state index contributed by atoms with van der Waals surface area (Å²) >= 11 is 0. The molecule has 0 atom stereocenters. The van der Waals surface area contributed by atoms with Gasteiger partial charge in [-0.15, -0.1) is 5.11 Å². The van der Waals surface area contributed by atoms with Gasteiger partial charge in [0.2, 0.25) is 5.88 Å². The molecule has 0 radical (unpaired) electrons. The molecule has 25 heavy (non-hydrogen) atoms. The number of nitrogens with one attached hydrogen (secondary N) is 1. The van der Waals surface area contributed by atoms with Gasteiger partial charge >= 0.3 is 0 Å². The quantitative estimate of drug-likeness (QED) is 0.533. The van der Waals surface area contributed by atoms with Crippen LogP contribution in [0.1, 0.15) is 11.4 Å². The van der Waals surface area contributed by atoms with E-state index in [0.29, 0.717) is 28.7 Å². The van der Waals surface area contributed by atoms with Crippen molar-refractivity contribution in [2.45, 2.75) is 6.92 Å². The van der Waals surface area contributed by atoms with Crippen LogP contribution in [-0.4, -0.2) is 15.0 Å². The van der Waals surface area contributed by atoms with Crippen LogP contribution in [-0.2, 0) is 0 Å². The van der Waals surface area contributed by atoms with Crippen molar-refractivity contribution in [3.8, 4) is 11.6 Å². The van der Waals surface area contributed by atoms with Crippen LogP contribution < -0.4 is 10.2 Å². The van der Waals surface area contributed by atoms with Crippen molar-refractivity contribution >= 4 is 11.4 Å². The molecule has 3 aromatic heterocycles. The molecule has 3 aromatic rings. The Kier molecular flexibility index (Phi) is 5.06. The van der Waals surface area contributed by atoms with Gasteiger partial charge in [-0.25, -0.2) is 4.98 Å². The summed E-state index contributed by atoms with van der Waals surface area (Å²) in [6.07, 6.45) is 4.93. The van der Waals surface area contributed by atoms with Crippen LogP contribution in [0.4, 0.5) is 5.69 Å². The summed E-state index contributed by atoms with van der Waals surface area (Å²) < 4.78 is 5.61. The van der Waals surface area contributed by atoms with Gasteiger partial charge < -0.3 is 4.74 Å². The molecule has 7 heteroatoms. The molecule has 1 N–H and O–H groups in total. The summed E-state index contributed by atoms with van der Waals surface area (Å²) in [6, 6.07) is 12.7. The molecule has 0 aliphatic rings. The topological polar surface area (TPSA) is 84.7 Å². The van der Waals surface area contributed by atoms with E-state index in [1.165, 1.54) is 0 Å². The Morgan fingerprint density at radius 1 is 1.04 bits per heavy atom. The summed E-state index contributed by atoms with van der Waals surface area (Å²) in [5, 5.41) is 7.86. The molecule has 0 amide bonds. The molecule has 7 nitrogen and oxygen atoms in total. The number of hydrogen-bond acceptors (Lipinski definition) is 6. The minimum atomic E-state index is 0.464. The Balaban J connectivity index is 1.56. The van der Waals surface area contributed by atoms with Gasteiger partial charge in [0.25, 0.3) is 0 Å². The Hall–Kier alpha value is -3.61. The number of anilines is 1. The fourth-order valence-corrected chi connectivity index (χ4v) is 1.87. The fourth-order valence-electron chi connectivity index (χ4n) is 1.87. The van der Waals surface area contributed by atoms with Gasteiger partial charge in [-0.05, 0) is 37.3 Å². The van der Waals surface area contributed by atoms with E-state index >= 15 is 0 Å². The van der Waals surface area contributed by atoms with Gasteiger partial charge in [-0.2, -0.15) is 0 Å². The summed E-state index contributed by atoms with van der Waals surface area (Å²) in [7, 11) is 0. The van der Waals surface area contributed by atoms with Crippen LogP contribution in [0.2, 0.25) is 0 Å². The van der Waals surface area contributed by atoms with E-state index in [2.05, 4.69) is 37.3 Å². The molecule has 3 heterocycles. The summed E-state index contributed by atoms with van der Waals surface area (Å²) in [4.78, 5) is 12.5. The average Bonchev–Trinajstić information content (AvgIpc) is 2.66. The third kappa shape index (κ3) is 4.68. The standard InChI is InChI=1S/C18H16N6O/c1-13-6-8-16(12-20-13)25-18-9-7-15(11-21-18)23-24-22-14(2)17-5-3-4-10-19-17/h3-12H,2H2,1H3,(H,22,23). The molecule has 0 fully saturated rings. The highest BCUT2D eigenvalue weighted by atomic mass is 16.5. The second kappa shape index (κ2) is 7.78. The van der Waals surface area contributed by atoms with E-state index in [9.17, 15) is 0 Å². The largest absolute Gasteiger partial charge is 0.437 e. The molecule has 0 aromatic carbocycles. The molecule has 0 saturated carbocycles. The first-order chi connectivity index (χ1) is 12.2. The van der Waals surface area contributed by atoms with Crippen LogP contribution >= 0.6 is 0 Å². The Bertz CT molecular complexity index is 860. The van der Waals surface area contributed by atoms with E-state index in [-0.39, 0.29) is 0 Å². The molecular weight excluding hydrogens is 316 g/mol. The van der Waals surface area contributed by atoms with E-state index in [4.69, 9.17) is 4.74 Å². The van der Waals surface area contributed by atoms with Crippen molar-refractivity contribution in [2.75, 3.05) is 5.43 Å². The van der Waals surface area contributed by atoms with Gasteiger partial charge in [-0.3, -0.25) is 15.4 Å². The van der Waals surface area contributed by atoms with Gasteiger partial charge in [0.05, 0.1) is 23.8 Å². The number of aryl methyl sites for hydroxylation is 1. The maximum atomic E-state index is 5.61. The maximum absolute atomic E-state index is 5.61. The Morgan fingerprint density at radius 2 is 1.96 bits per heavy atom. The lowest BCUT2D eigenvalue weighted by molar-refractivity contribution is 0.460. The minimum Gasteiger partial charge on any atom is -0.437 e. The van der Waals surface area contributed by atoms with Crippen LogP contribution in [0, 0.1) is 6.92 Å². The predicted octanol–water partition coefficient (Wildman–Crippen LogP) is 4.42. The van der Waals surface area contributed by atoms with Gasteiger partial charge in [0.1, 0.15) is 11.4 Å². The molecule has 0 aliphatic carbocycles. The number of rotatable bonds is 6. The second-order valence-electron chi connectivity index (χ2n) is 5.10. The predicted molar refractivity (Wildman–Crippen MR) is 95.0 cm³/mol.